The molecule has 1 heterocycles. The molecule has 3 N–H and O–H groups in total. The molecule has 0 aliphatic heterocycles. The Labute approximate surface area is 89.9 Å². The lowest BCUT2D eigenvalue weighted by molar-refractivity contribution is -0.125. The van der Waals surface area contributed by atoms with Crippen LogP contribution in [0.2, 0.25) is 0 Å². The second-order valence-electron chi connectivity index (χ2n) is 4.17. The first-order chi connectivity index (χ1) is 6.91. The molecular weight excluding hydrogens is 190 g/mol. The van der Waals surface area contributed by atoms with Gasteiger partial charge in [-0.25, -0.2) is 0 Å². The van der Waals surface area contributed by atoms with Crippen molar-refractivity contribution in [2.75, 3.05) is 0 Å². The molecule has 1 atom stereocenters. The average molecular weight is 207 g/mol. The Hall–Kier alpha value is -1.42. The zero-order valence-corrected chi connectivity index (χ0v) is 9.32. The Morgan fingerprint density at radius 2 is 2.20 bits per heavy atom. The van der Waals surface area contributed by atoms with Gasteiger partial charge >= 0.3 is 0 Å². The van der Waals surface area contributed by atoms with Crippen molar-refractivity contribution >= 4 is 5.91 Å². The first kappa shape index (κ1) is 11.7. The van der Waals surface area contributed by atoms with Crippen LogP contribution in [0, 0.1) is 0 Å². The van der Waals surface area contributed by atoms with Crippen LogP contribution in [0.15, 0.2) is 24.4 Å². The van der Waals surface area contributed by atoms with Crippen LogP contribution in [-0.4, -0.2) is 16.4 Å². The minimum absolute atomic E-state index is 0.124. The largest absolute Gasteiger partial charge is 0.346 e. The number of aromatic nitrogens is 1. The lowest BCUT2D eigenvalue weighted by Crippen LogP contribution is -2.49. The molecule has 0 spiro atoms. The summed E-state index contributed by atoms with van der Waals surface area (Å²) in [6.07, 6.45) is 1.70. The molecule has 0 radical (unpaired) electrons. The number of hydrogen-bond donors (Lipinski definition) is 2. The molecule has 1 amide bonds. The first-order valence-electron chi connectivity index (χ1n) is 4.92. The summed E-state index contributed by atoms with van der Waals surface area (Å²) < 4.78 is 0. The highest BCUT2D eigenvalue weighted by Crippen LogP contribution is 2.09. The van der Waals surface area contributed by atoms with Crippen LogP contribution in [0.1, 0.15) is 32.5 Å². The quantitative estimate of drug-likeness (QED) is 0.776. The van der Waals surface area contributed by atoms with E-state index < -0.39 is 5.54 Å². The zero-order valence-electron chi connectivity index (χ0n) is 9.32. The van der Waals surface area contributed by atoms with Gasteiger partial charge < -0.3 is 11.1 Å². The SMILES string of the molecule is CC(NC(=O)C(C)(C)N)c1ccccn1. The highest BCUT2D eigenvalue weighted by Gasteiger charge is 2.23. The van der Waals surface area contributed by atoms with Gasteiger partial charge in [0.2, 0.25) is 5.91 Å². The van der Waals surface area contributed by atoms with E-state index in [0.29, 0.717) is 0 Å². The number of carbonyl (C=O) groups excluding carboxylic acids is 1. The number of pyridine rings is 1. The van der Waals surface area contributed by atoms with Gasteiger partial charge in [-0.3, -0.25) is 9.78 Å². The van der Waals surface area contributed by atoms with Crippen molar-refractivity contribution in [2.45, 2.75) is 32.4 Å². The van der Waals surface area contributed by atoms with Gasteiger partial charge in [0.1, 0.15) is 0 Å². The number of nitrogens with two attached hydrogens (primary N) is 1. The molecule has 15 heavy (non-hydrogen) atoms. The highest BCUT2D eigenvalue weighted by atomic mass is 16.2. The molecule has 0 saturated heterocycles. The van der Waals surface area contributed by atoms with Gasteiger partial charge in [0.15, 0.2) is 0 Å². The molecule has 0 aromatic carbocycles. The normalized spacial score (nSPS) is 13.3. The summed E-state index contributed by atoms with van der Waals surface area (Å²) in [5.41, 5.74) is 5.64. The molecule has 1 aromatic rings. The summed E-state index contributed by atoms with van der Waals surface area (Å²) in [5, 5.41) is 2.81. The maximum absolute atomic E-state index is 11.6. The lowest BCUT2D eigenvalue weighted by atomic mass is 10.1. The number of carbonyl (C=O) groups is 1. The Bertz CT molecular complexity index is 329. The maximum Gasteiger partial charge on any atom is 0.240 e. The molecular formula is C11H17N3O. The number of nitrogens with zero attached hydrogens (tertiary/aromatic N) is 1. The topological polar surface area (TPSA) is 68.0 Å². The van der Waals surface area contributed by atoms with Crippen LogP contribution in [0.25, 0.3) is 0 Å². The molecule has 0 bridgehead atoms. The first-order valence-corrected chi connectivity index (χ1v) is 4.92. The van der Waals surface area contributed by atoms with Gasteiger partial charge in [0, 0.05) is 6.20 Å². The van der Waals surface area contributed by atoms with Crippen molar-refractivity contribution in [3.05, 3.63) is 30.1 Å². The van der Waals surface area contributed by atoms with Gasteiger partial charge in [-0.1, -0.05) is 6.07 Å². The smallest absolute Gasteiger partial charge is 0.240 e. The van der Waals surface area contributed by atoms with E-state index in [-0.39, 0.29) is 11.9 Å². The van der Waals surface area contributed by atoms with Crippen molar-refractivity contribution in [1.29, 1.82) is 0 Å². The fourth-order valence-corrected chi connectivity index (χ4v) is 1.09. The van der Waals surface area contributed by atoms with E-state index >= 15 is 0 Å². The van der Waals surface area contributed by atoms with Crippen LogP contribution in [0.4, 0.5) is 0 Å². The van der Waals surface area contributed by atoms with E-state index in [2.05, 4.69) is 10.3 Å². The van der Waals surface area contributed by atoms with Gasteiger partial charge in [0.05, 0.1) is 17.3 Å². The number of nitrogens with one attached hydrogen (secondary N) is 1. The standard InChI is InChI=1S/C11H17N3O/c1-8(9-6-4-5-7-13-9)14-10(15)11(2,3)12/h4-8H,12H2,1-3H3,(H,14,15). The van der Waals surface area contributed by atoms with Crippen LogP contribution < -0.4 is 11.1 Å². The van der Waals surface area contributed by atoms with E-state index in [0.717, 1.165) is 5.69 Å². The predicted molar refractivity (Wildman–Crippen MR) is 59.1 cm³/mol. The molecule has 0 aliphatic rings. The molecule has 1 rings (SSSR count). The Morgan fingerprint density at radius 1 is 1.53 bits per heavy atom. The van der Waals surface area contributed by atoms with Crippen molar-refractivity contribution in [3.63, 3.8) is 0 Å². The second kappa shape index (κ2) is 4.40. The summed E-state index contributed by atoms with van der Waals surface area (Å²) in [4.78, 5) is 15.7. The van der Waals surface area contributed by atoms with Crippen LogP contribution in [0.5, 0.6) is 0 Å². The van der Waals surface area contributed by atoms with E-state index in [1.807, 2.05) is 25.1 Å². The van der Waals surface area contributed by atoms with E-state index in [4.69, 9.17) is 5.73 Å². The Balaban J connectivity index is 2.65. The third-order valence-electron chi connectivity index (χ3n) is 2.06. The van der Waals surface area contributed by atoms with Gasteiger partial charge in [-0.15, -0.1) is 0 Å². The summed E-state index contributed by atoms with van der Waals surface area (Å²) in [6, 6.07) is 5.47. The molecule has 1 aromatic heterocycles. The van der Waals surface area contributed by atoms with Gasteiger partial charge in [0.25, 0.3) is 0 Å². The third-order valence-corrected chi connectivity index (χ3v) is 2.06. The van der Waals surface area contributed by atoms with Gasteiger partial charge in [-0.05, 0) is 32.9 Å². The summed E-state index contributed by atoms with van der Waals surface area (Å²) in [5.74, 6) is -0.180. The zero-order chi connectivity index (χ0) is 11.5. The fraction of sp³-hybridized carbons (Fsp3) is 0.455. The van der Waals surface area contributed by atoms with Crippen LogP contribution >= 0.6 is 0 Å². The van der Waals surface area contributed by atoms with Crippen LogP contribution in [-0.2, 0) is 4.79 Å². The molecule has 0 saturated carbocycles. The highest BCUT2D eigenvalue weighted by molar-refractivity contribution is 5.85. The van der Waals surface area contributed by atoms with Crippen LogP contribution in [0.3, 0.4) is 0 Å². The molecule has 82 valence electrons. The molecule has 0 aliphatic carbocycles. The lowest BCUT2D eigenvalue weighted by Gasteiger charge is -2.21. The number of amides is 1. The summed E-state index contributed by atoms with van der Waals surface area (Å²) >= 11 is 0. The molecule has 0 fully saturated rings. The monoisotopic (exact) mass is 207 g/mol. The second-order valence-corrected chi connectivity index (χ2v) is 4.17. The Kier molecular flexibility index (Phi) is 3.42. The minimum Gasteiger partial charge on any atom is -0.346 e. The van der Waals surface area contributed by atoms with Gasteiger partial charge in [-0.2, -0.15) is 0 Å². The molecule has 1 unspecified atom stereocenters. The van der Waals surface area contributed by atoms with E-state index in [1.165, 1.54) is 0 Å². The molecule has 4 heteroatoms. The van der Waals surface area contributed by atoms with Crippen molar-refractivity contribution < 1.29 is 4.79 Å². The maximum atomic E-state index is 11.6. The number of rotatable bonds is 3. The minimum atomic E-state index is -0.858. The van der Waals surface area contributed by atoms with Crippen molar-refractivity contribution in [1.82, 2.24) is 10.3 Å². The summed E-state index contributed by atoms with van der Waals surface area (Å²) in [6.45, 7) is 5.23. The van der Waals surface area contributed by atoms with E-state index in [9.17, 15) is 4.79 Å². The predicted octanol–water partition coefficient (Wildman–Crippen LogP) is 0.996. The fourth-order valence-electron chi connectivity index (χ4n) is 1.09. The van der Waals surface area contributed by atoms with Crippen molar-refractivity contribution in [2.24, 2.45) is 5.73 Å². The molecule has 4 nitrogen and oxygen atoms in total. The third kappa shape index (κ3) is 3.32. The number of hydrogen-bond acceptors (Lipinski definition) is 3. The average Bonchev–Trinajstić information content (AvgIpc) is 2.17. The Morgan fingerprint density at radius 3 is 2.67 bits per heavy atom. The van der Waals surface area contributed by atoms with Crippen molar-refractivity contribution in [3.8, 4) is 0 Å². The summed E-state index contributed by atoms with van der Waals surface area (Å²) in [7, 11) is 0. The van der Waals surface area contributed by atoms with E-state index in [1.54, 1.807) is 20.0 Å².